The summed E-state index contributed by atoms with van der Waals surface area (Å²) in [5.74, 6) is 0.182. The van der Waals surface area contributed by atoms with Gasteiger partial charge in [0, 0.05) is 6.04 Å². The van der Waals surface area contributed by atoms with Gasteiger partial charge < -0.3 is 5.32 Å². The van der Waals surface area contributed by atoms with Crippen molar-refractivity contribution in [3.05, 3.63) is 0 Å². The van der Waals surface area contributed by atoms with Crippen molar-refractivity contribution >= 4 is 5.78 Å². The monoisotopic (exact) mass is 143 g/mol. The van der Waals surface area contributed by atoms with E-state index in [-0.39, 0.29) is 11.3 Å². The van der Waals surface area contributed by atoms with Gasteiger partial charge in [0.05, 0.1) is 5.54 Å². The van der Waals surface area contributed by atoms with E-state index in [1.165, 1.54) is 0 Å². The van der Waals surface area contributed by atoms with Crippen LogP contribution in [0.5, 0.6) is 0 Å². The highest BCUT2D eigenvalue weighted by atomic mass is 16.1. The molecule has 10 heavy (non-hydrogen) atoms. The Balaban J connectivity index is 4.00. The SMILES string of the molecule is CC(=O)C(C)(C)NC(C)C. The van der Waals surface area contributed by atoms with Crippen molar-refractivity contribution in [2.24, 2.45) is 0 Å². The molecule has 2 nitrogen and oxygen atoms in total. The van der Waals surface area contributed by atoms with Crippen molar-refractivity contribution in [1.29, 1.82) is 0 Å². The first-order chi connectivity index (χ1) is 4.36. The number of nitrogens with one attached hydrogen (secondary N) is 1. The van der Waals surface area contributed by atoms with Gasteiger partial charge >= 0.3 is 0 Å². The third kappa shape index (κ3) is 2.97. The fourth-order valence-electron chi connectivity index (χ4n) is 0.823. The smallest absolute Gasteiger partial charge is 0.149 e. The molecule has 0 amide bonds. The number of hydrogen-bond donors (Lipinski definition) is 1. The minimum absolute atomic E-state index is 0.182. The zero-order valence-corrected chi connectivity index (χ0v) is 7.49. The van der Waals surface area contributed by atoms with Crippen molar-refractivity contribution in [2.75, 3.05) is 0 Å². The first kappa shape index (κ1) is 9.63. The molecule has 0 aromatic heterocycles. The number of rotatable bonds is 3. The number of ketones is 1. The quantitative estimate of drug-likeness (QED) is 0.646. The van der Waals surface area contributed by atoms with Crippen molar-refractivity contribution in [2.45, 2.75) is 46.2 Å². The summed E-state index contributed by atoms with van der Waals surface area (Å²) in [6.45, 7) is 9.47. The lowest BCUT2D eigenvalue weighted by atomic mass is 10.00. The zero-order chi connectivity index (χ0) is 8.36. The molecule has 0 unspecified atom stereocenters. The number of carbonyl (C=O) groups is 1. The maximum atomic E-state index is 10.9. The molecule has 0 atom stereocenters. The molecule has 0 aliphatic heterocycles. The summed E-state index contributed by atoms with van der Waals surface area (Å²) < 4.78 is 0. The van der Waals surface area contributed by atoms with Gasteiger partial charge in [0.15, 0.2) is 0 Å². The van der Waals surface area contributed by atoms with Gasteiger partial charge in [0.2, 0.25) is 0 Å². The van der Waals surface area contributed by atoms with Crippen LogP contribution in [-0.4, -0.2) is 17.4 Å². The molecule has 1 N–H and O–H groups in total. The Hall–Kier alpha value is -0.370. The van der Waals surface area contributed by atoms with Crippen LogP contribution in [-0.2, 0) is 4.79 Å². The summed E-state index contributed by atoms with van der Waals surface area (Å²) in [5.41, 5.74) is -0.367. The first-order valence-electron chi connectivity index (χ1n) is 3.65. The van der Waals surface area contributed by atoms with Crippen LogP contribution >= 0.6 is 0 Å². The molecule has 0 rings (SSSR count). The van der Waals surface area contributed by atoms with Crippen molar-refractivity contribution < 1.29 is 4.79 Å². The molecule has 0 aliphatic rings. The largest absolute Gasteiger partial charge is 0.303 e. The predicted octanol–water partition coefficient (Wildman–Crippen LogP) is 1.35. The predicted molar refractivity (Wildman–Crippen MR) is 43.0 cm³/mol. The van der Waals surface area contributed by atoms with E-state index >= 15 is 0 Å². The molecule has 0 saturated heterocycles. The average Bonchev–Trinajstić information content (AvgIpc) is 1.60. The Labute approximate surface area is 63.0 Å². The van der Waals surface area contributed by atoms with E-state index in [0.29, 0.717) is 6.04 Å². The topological polar surface area (TPSA) is 29.1 Å². The van der Waals surface area contributed by atoms with E-state index in [9.17, 15) is 4.79 Å². The highest BCUT2D eigenvalue weighted by Gasteiger charge is 2.23. The van der Waals surface area contributed by atoms with Crippen LogP contribution in [0.1, 0.15) is 34.6 Å². The van der Waals surface area contributed by atoms with Gasteiger partial charge in [-0.2, -0.15) is 0 Å². The molecule has 0 heterocycles. The van der Waals surface area contributed by atoms with E-state index in [1.54, 1.807) is 6.92 Å². The molecule has 0 fully saturated rings. The summed E-state index contributed by atoms with van der Waals surface area (Å²) in [4.78, 5) is 10.9. The van der Waals surface area contributed by atoms with Crippen molar-refractivity contribution in [3.63, 3.8) is 0 Å². The molecule has 0 bridgehead atoms. The number of hydrogen-bond acceptors (Lipinski definition) is 2. The highest BCUT2D eigenvalue weighted by Crippen LogP contribution is 2.04. The second-order valence-corrected chi connectivity index (χ2v) is 3.48. The molecule has 0 aromatic carbocycles. The Morgan fingerprint density at radius 3 is 1.90 bits per heavy atom. The summed E-state index contributed by atoms with van der Waals surface area (Å²) in [6.07, 6.45) is 0. The van der Waals surface area contributed by atoms with Gasteiger partial charge in [-0.15, -0.1) is 0 Å². The van der Waals surface area contributed by atoms with Crippen LogP contribution in [0.15, 0.2) is 0 Å². The Kier molecular flexibility index (Phi) is 3.03. The van der Waals surface area contributed by atoms with Crippen molar-refractivity contribution in [1.82, 2.24) is 5.32 Å². The molecule has 0 radical (unpaired) electrons. The molecule has 0 aliphatic carbocycles. The Bertz CT molecular complexity index is 127. The normalized spacial score (nSPS) is 12.2. The van der Waals surface area contributed by atoms with Gasteiger partial charge in [-0.05, 0) is 34.6 Å². The van der Waals surface area contributed by atoms with Gasteiger partial charge in [0.25, 0.3) is 0 Å². The molecule has 60 valence electrons. The minimum atomic E-state index is -0.367. The lowest BCUT2D eigenvalue weighted by Crippen LogP contribution is -2.48. The Morgan fingerprint density at radius 2 is 1.80 bits per heavy atom. The number of carbonyl (C=O) groups excluding carboxylic acids is 1. The summed E-state index contributed by atoms with van der Waals surface area (Å²) in [6, 6.07) is 0.360. The van der Waals surface area contributed by atoms with Crippen LogP contribution in [0, 0.1) is 0 Å². The summed E-state index contributed by atoms with van der Waals surface area (Å²) in [7, 11) is 0. The minimum Gasteiger partial charge on any atom is -0.303 e. The number of Topliss-reactive ketones (excluding diaryl/α,β-unsaturated/α-hetero) is 1. The molecular weight excluding hydrogens is 126 g/mol. The maximum absolute atomic E-state index is 10.9. The van der Waals surface area contributed by atoms with Crippen molar-refractivity contribution in [3.8, 4) is 0 Å². The van der Waals surface area contributed by atoms with Crippen LogP contribution in [0.25, 0.3) is 0 Å². The van der Waals surface area contributed by atoms with Gasteiger partial charge in [0.1, 0.15) is 5.78 Å². The molecular formula is C8H17NO. The summed E-state index contributed by atoms with van der Waals surface area (Å²) in [5, 5.41) is 3.17. The lowest BCUT2D eigenvalue weighted by molar-refractivity contribution is -0.122. The van der Waals surface area contributed by atoms with E-state index in [1.807, 2.05) is 27.7 Å². The first-order valence-corrected chi connectivity index (χ1v) is 3.65. The Morgan fingerprint density at radius 1 is 1.40 bits per heavy atom. The maximum Gasteiger partial charge on any atom is 0.149 e. The second kappa shape index (κ2) is 3.15. The third-order valence-corrected chi connectivity index (χ3v) is 1.53. The van der Waals surface area contributed by atoms with E-state index in [0.717, 1.165) is 0 Å². The van der Waals surface area contributed by atoms with Crippen LogP contribution < -0.4 is 5.32 Å². The lowest BCUT2D eigenvalue weighted by Gasteiger charge is -2.25. The van der Waals surface area contributed by atoms with Crippen LogP contribution in [0.4, 0.5) is 0 Å². The molecule has 0 spiro atoms. The molecule has 2 heteroatoms. The van der Waals surface area contributed by atoms with E-state index in [4.69, 9.17) is 0 Å². The van der Waals surface area contributed by atoms with Gasteiger partial charge in [-0.25, -0.2) is 0 Å². The van der Waals surface area contributed by atoms with Gasteiger partial charge in [-0.3, -0.25) is 4.79 Å². The fraction of sp³-hybridized carbons (Fsp3) is 0.875. The third-order valence-electron chi connectivity index (χ3n) is 1.53. The molecule has 0 aromatic rings. The highest BCUT2D eigenvalue weighted by molar-refractivity contribution is 5.85. The fourth-order valence-corrected chi connectivity index (χ4v) is 0.823. The second-order valence-electron chi connectivity index (χ2n) is 3.48. The van der Waals surface area contributed by atoms with E-state index < -0.39 is 0 Å². The van der Waals surface area contributed by atoms with Crippen LogP contribution in [0.3, 0.4) is 0 Å². The average molecular weight is 143 g/mol. The molecule has 0 saturated carbocycles. The standard InChI is InChI=1S/C8H17NO/c1-6(2)9-8(4,5)7(3)10/h6,9H,1-5H3. The van der Waals surface area contributed by atoms with Crippen LogP contribution in [0.2, 0.25) is 0 Å². The summed E-state index contributed by atoms with van der Waals surface area (Å²) >= 11 is 0. The van der Waals surface area contributed by atoms with E-state index in [2.05, 4.69) is 5.32 Å². The van der Waals surface area contributed by atoms with Gasteiger partial charge in [-0.1, -0.05) is 0 Å². The zero-order valence-electron chi connectivity index (χ0n) is 7.49.